The van der Waals surface area contributed by atoms with Crippen LogP contribution in [0.15, 0.2) is 66.7 Å². The number of fused-ring (bicyclic) bond motifs is 1. The number of carbonyl (C=O) groups is 2. The maximum absolute atomic E-state index is 14.3. The van der Waals surface area contributed by atoms with Crippen molar-refractivity contribution in [1.29, 1.82) is 0 Å². The molecule has 0 fully saturated rings. The van der Waals surface area contributed by atoms with E-state index in [2.05, 4.69) is 0 Å². The number of imide groups is 1. The number of aryl methyl sites for hydroxylation is 1. The summed E-state index contributed by atoms with van der Waals surface area (Å²) in [4.78, 5) is 27.6. The number of anilines is 1. The highest BCUT2D eigenvalue weighted by Gasteiger charge is 2.36. The van der Waals surface area contributed by atoms with Crippen molar-refractivity contribution in [3.8, 4) is 0 Å². The Hall–Kier alpha value is -3.24. The lowest BCUT2D eigenvalue weighted by atomic mass is 9.91. The van der Waals surface area contributed by atoms with Gasteiger partial charge in [-0.15, -0.1) is 0 Å². The number of para-hydroxylation sites is 1. The first-order chi connectivity index (χ1) is 13.5. The third kappa shape index (κ3) is 2.92. The smallest absolute Gasteiger partial charge is 0.265 e. The summed E-state index contributed by atoms with van der Waals surface area (Å²) in [5, 5.41) is 0.192. The summed E-state index contributed by atoms with van der Waals surface area (Å²) < 4.78 is 14.3. The molecule has 1 aliphatic heterocycles. The lowest BCUT2D eigenvalue weighted by molar-refractivity contribution is -0.112. The van der Waals surface area contributed by atoms with E-state index >= 15 is 0 Å². The number of hydrogen-bond donors (Lipinski definition) is 0. The fourth-order valence-corrected chi connectivity index (χ4v) is 3.54. The van der Waals surface area contributed by atoms with Crippen LogP contribution in [0.4, 0.5) is 10.1 Å². The second-order valence-electron chi connectivity index (χ2n) is 6.47. The van der Waals surface area contributed by atoms with Gasteiger partial charge >= 0.3 is 0 Å². The SMILES string of the molecule is Cc1ccccc1N1C(=O)/C(=C\c2c(F)cccc2Cl)c2ccccc2C1=O. The Morgan fingerprint density at radius 3 is 2.25 bits per heavy atom. The largest absolute Gasteiger partial charge is 0.268 e. The van der Waals surface area contributed by atoms with Gasteiger partial charge in [-0.2, -0.15) is 0 Å². The van der Waals surface area contributed by atoms with Gasteiger partial charge in [0.1, 0.15) is 5.82 Å². The van der Waals surface area contributed by atoms with E-state index in [-0.39, 0.29) is 16.2 Å². The molecule has 5 heteroatoms. The Balaban J connectivity index is 1.97. The highest BCUT2D eigenvalue weighted by atomic mass is 35.5. The third-order valence-corrected chi connectivity index (χ3v) is 5.06. The number of carbonyl (C=O) groups excluding carboxylic acids is 2. The van der Waals surface area contributed by atoms with Crippen molar-refractivity contribution in [2.75, 3.05) is 4.90 Å². The van der Waals surface area contributed by atoms with Crippen LogP contribution in [-0.4, -0.2) is 11.8 Å². The second-order valence-corrected chi connectivity index (χ2v) is 6.88. The van der Waals surface area contributed by atoms with E-state index in [1.165, 1.54) is 18.2 Å². The second kappa shape index (κ2) is 7.06. The van der Waals surface area contributed by atoms with Gasteiger partial charge in [0.2, 0.25) is 0 Å². The predicted octanol–water partition coefficient (Wildman–Crippen LogP) is 5.52. The molecule has 0 aromatic heterocycles. The number of amides is 2. The molecule has 0 bridgehead atoms. The number of nitrogens with zero attached hydrogens (tertiary/aromatic N) is 1. The summed E-state index contributed by atoms with van der Waals surface area (Å²) in [7, 11) is 0. The van der Waals surface area contributed by atoms with Crippen LogP contribution in [0.1, 0.15) is 27.0 Å². The summed E-state index contributed by atoms with van der Waals surface area (Å²) >= 11 is 6.15. The van der Waals surface area contributed by atoms with Crippen molar-refractivity contribution in [3.05, 3.63) is 99.8 Å². The Kier molecular flexibility index (Phi) is 4.57. The van der Waals surface area contributed by atoms with Gasteiger partial charge < -0.3 is 0 Å². The number of hydrogen-bond acceptors (Lipinski definition) is 2. The van der Waals surface area contributed by atoms with E-state index in [4.69, 9.17) is 11.6 Å². The van der Waals surface area contributed by atoms with Gasteiger partial charge in [-0.05, 0) is 48.4 Å². The monoisotopic (exact) mass is 391 g/mol. The van der Waals surface area contributed by atoms with E-state index in [9.17, 15) is 14.0 Å². The van der Waals surface area contributed by atoms with Crippen LogP contribution in [0, 0.1) is 12.7 Å². The molecule has 1 heterocycles. The van der Waals surface area contributed by atoms with E-state index in [0.717, 1.165) is 10.5 Å². The van der Waals surface area contributed by atoms with Crippen molar-refractivity contribution in [2.24, 2.45) is 0 Å². The molecular weight excluding hydrogens is 377 g/mol. The zero-order valence-corrected chi connectivity index (χ0v) is 15.7. The summed E-state index contributed by atoms with van der Waals surface area (Å²) in [6.45, 7) is 1.83. The van der Waals surface area contributed by atoms with Crippen molar-refractivity contribution < 1.29 is 14.0 Å². The summed E-state index contributed by atoms with van der Waals surface area (Å²) in [6, 6.07) is 18.3. The molecule has 0 radical (unpaired) electrons. The normalized spacial score (nSPS) is 15.1. The Morgan fingerprint density at radius 1 is 0.857 bits per heavy atom. The molecule has 3 nitrogen and oxygen atoms in total. The van der Waals surface area contributed by atoms with Gasteiger partial charge in [0.25, 0.3) is 11.8 Å². The minimum Gasteiger partial charge on any atom is -0.268 e. The molecule has 2 amide bonds. The molecule has 0 spiro atoms. The Bertz CT molecular complexity index is 1130. The highest BCUT2D eigenvalue weighted by Crippen LogP contribution is 2.35. The fourth-order valence-electron chi connectivity index (χ4n) is 3.32. The molecule has 1 aliphatic rings. The average molecular weight is 392 g/mol. The molecule has 138 valence electrons. The van der Waals surface area contributed by atoms with Crippen molar-refractivity contribution in [1.82, 2.24) is 0 Å². The minimum absolute atomic E-state index is 0.112. The Labute approximate surface area is 166 Å². The molecular formula is C23H15ClFNO2. The lowest BCUT2D eigenvalue weighted by Gasteiger charge is -2.29. The standard InChI is InChI=1S/C23H15ClFNO2/c1-14-7-2-5-12-21(14)26-22(27)16-9-4-3-8-15(16)17(23(26)28)13-18-19(24)10-6-11-20(18)25/h2-13H,1H3/b17-13-. The minimum atomic E-state index is -0.537. The van der Waals surface area contributed by atoms with Crippen LogP contribution in [-0.2, 0) is 4.79 Å². The third-order valence-electron chi connectivity index (χ3n) is 4.73. The van der Waals surface area contributed by atoms with Crippen LogP contribution >= 0.6 is 11.6 Å². The molecule has 4 rings (SSSR count). The van der Waals surface area contributed by atoms with Crippen LogP contribution < -0.4 is 4.90 Å². The van der Waals surface area contributed by atoms with Crippen LogP contribution in [0.3, 0.4) is 0 Å². The molecule has 0 unspecified atom stereocenters. The zero-order chi connectivity index (χ0) is 19.8. The van der Waals surface area contributed by atoms with Gasteiger partial charge in [0, 0.05) is 16.7 Å². The predicted molar refractivity (Wildman–Crippen MR) is 109 cm³/mol. The average Bonchev–Trinajstić information content (AvgIpc) is 2.68. The van der Waals surface area contributed by atoms with E-state index < -0.39 is 17.6 Å². The summed E-state index contributed by atoms with van der Waals surface area (Å²) in [5.41, 5.74) is 2.45. The van der Waals surface area contributed by atoms with Crippen LogP contribution in [0.25, 0.3) is 11.6 Å². The molecule has 0 N–H and O–H groups in total. The first-order valence-electron chi connectivity index (χ1n) is 8.68. The van der Waals surface area contributed by atoms with Gasteiger partial charge in [-0.1, -0.05) is 54.1 Å². The maximum Gasteiger partial charge on any atom is 0.265 e. The topological polar surface area (TPSA) is 37.4 Å². The molecule has 3 aromatic rings. The van der Waals surface area contributed by atoms with E-state index in [1.54, 1.807) is 42.5 Å². The van der Waals surface area contributed by atoms with E-state index in [0.29, 0.717) is 16.8 Å². The first-order valence-corrected chi connectivity index (χ1v) is 9.06. The number of benzene rings is 3. The van der Waals surface area contributed by atoms with Crippen molar-refractivity contribution >= 4 is 40.8 Å². The summed E-state index contributed by atoms with van der Waals surface area (Å²) in [6.07, 6.45) is 1.41. The fraction of sp³-hybridized carbons (Fsp3) is 0.0435. The molecule has 0 saturated carbocycles. The zero-order valence-electron chi connectivity index (χ0n) is 14.9. The molecule has 3 aromatic carbocycles. The first kappa shape index (κ1) is 18.1. The van der Waals surface area contributed by atoms with Crippen molar-refractivity contribution in [2.45, 2.75) is 6.92 Å². The van der Waals surface area contributed by atoms with Gasteiger partial charge in [0.15, 0.2) is 0 Å². The van der Waals surface area contributed by atoms with E-state index in [1.807, 2.05) is 19.1 Å². The van der Waals surface area contributed by atoms with Crippen molar-refractivity contribution in [3.63, 3.8) is 0 Å². The van der Waals surface area contributed by atoms with Crippen LogP contribution in [0.5, 0.6) is 0 Å². The molecule has 0 atom stereocenters. The number of rotatable bonds is 2. The lowest BCUT2D eigenvalue weighted by Crippen LogP contribution is -2.42. The van der Waals surface area contributed by atoms with Gasteiger partial charge in [-0.25, -0.2) is 9.29 Å². The number of halogens is 2. The molecule has 28 heavy (non-hydrogen) atoms. The van der Waals surface area contributed by atoms with Gasteiger partial charge in [0.05, 0.1) is 10.7 Å². The summed E-state index contributed by atoms with van der Waals surface area (Å²) in [5.74, 6) is -1.46. The van der Waals surface area contributed by atoms with Gasteiger partial charge in [-0.3, -0.25) is 9.59 Å². The Morgan fingerprint density at radius 2 is 1.54 bits per heavy atom. The molecule has 0 aliphatic carbocycles. The molecule has 0 saturated heterocycles. The van der Waals surface area contributed by atoms with Crippen LogP contribution in [0.2, 0.25) is 5.02 Å². The highest BCUT2D eigenvalue weighted by molar-refractivity contribution is 6.43. The quantitative estimate of drug-likeness (QED) is 0.426. The maximum atomic E-state index is 14.3.